The maximum atomic E-state index is 13.1. The van der Waals surface area contributed by atoms with Crippen molar-refractivity contribution in [1.29, 1.82) is 0 Å². The summed E-state index contributed by atoms with van der Waals surface area (Å²) in [6, 6.07) is 13.3. The van der Waals surface area contributed by atoms with Gasteiger partial charge in [0.05, 0.1) is 25.3 Å². The van der Waals surface area contributed by atoms with Gasteiger partial charge in [0.1, 0.15) is 12.1 Å². The molecule has 0 radical (unpaired) electrons. The van der Waals surface area contributed by atoms with Gasteiger partial charge in [0, 0.05) is 22.9 Å². The third-order valence-electron chi connectivity index (χ3n) is 6.43. The predicted octanol–water partition coefficient (Wildman–Crippen LogP) is 3.05. The summed E-state index contributed by atoms with van der Waals surface area (Å²) >= 11 is 0. The van der Waals surface area contributed by atoms with Crippen molar-refractivity contribution in [3.8, 4) is 0 Å². The Labute approximate surface area is 229 Å². The average molecular weight is 559 g/mol. The van der Waals surface area contributed by atoms with Gasteiger partial charge in [-0.25, -0.2) is 10.0 Å². The number of ether oxygens (including phenoxy) is 2. The second-order valence-corrected chi connectivity index (χ2v) is 11.0. The number of hydrogen-bond donors (Lipinski definition) is 2. The zero-order chi connectivity index (χ0) is 27.1. The van der Waals surface area contributed by atoms with Crippen LogP contribution in [0.15, 0.2) is 58.3 Å². The van der Waals surface area contributed by atoms with E-state index in [0.29, 0.717) is 46.8 Å². The number of methoxy groups -OCH3 is 2. The van der Waals surface area contributed by atoms with Gasteiger partial charge in [0.15, 0.2) is 0 Å². The Balaban J connectivity index is 1.44. The van der Waals surface area contributed by atoms with Crippen LogP contribution in [0, 0.1) is 0 Å². The summed E-state index contributed by atoms with van der Waals surface area (Å²) in [5.74, 6) is -1.39. The fraction of sp³-hybridized carbons (Fsp3) is 0.385. The Kier molecular flexibility index (Phi) is 9.67. The number of carbonyl (C=O) groups is 4. The molecule has 2 aromatic rings. The molecule has 2 fully saturated rings. The van der Waals surface area contributed by atoms with E-state index in [4.69, 9.17) is 9.47 Å². The van der Waals surface area contributed by atoms with Crippen LogP contribution < -0.4 is 10.9 Å². The van der Waals surface area contributed by atoms with Gasteiger partial charge in [-0.1, -0.05) is 45.9 Å². The van der Waals surface area contributed by atoms with Crippen molar-refractivity contribution in [2.24, 2.45) is 0 Å². The minimum Gasteiger partial charge on any atom is -0.468 e. The second-order valence-electron chi connectivity index (χ2n) is 8.79. The first kappa shape index (κ1) is 28.0. The third-order valence-corrected chi connectivity index (χ3v) is 8.91. The van der Waals surface area contributed by atoms with Gasteiger partial charge in [-0.2, -0.15) is 0 Å². The molecule has 2 N–H and O–H groups in total. The summed E-state index contributed by atoms with van der Waals surface area (Å²) in [6.45, 7) is 1.12. The lowest BCUT2D eigenvalue weighted by atomic mass is 10.2. The van der Waals surface area contributed by atoms with E-state index in [1.807, 2.05) is 24.3 Å². The molecule has 2 aromatic carbocycles. The van der Waals surface area contributed by atoms with E-state index in [2.05, 4.69) is 10.9 Å². The number of nitrogens with one attached hydrogen (secondary N) is 2. The van der Waals surface area contributed by atoms with Gasteiger partial charge in [0.25, 0.3) is 11.8 Å². The molecule has 0 bridgehead atoms. The summed E-state index contributed by atoms with van der Waals surface area (Å²) in [5.41, 5.74) is 6.62. The van der Waals surface area contributed by atoms with E-state index in [0.717, 1.165) is 12.8 Å². The lowest BCUT2D eigenvalue weighted by Crippen LogP contribution is -2.48. The summed E-state index contributed by atoms with van der Waals surface area (Å²) in [5, 5.41) is 3.25. The van der Waals surface area contributed by atoms with E-state index in [9.17, 15) is 19.2 Å². The molecule has 2 amide bonds. The van der Waals surface area contributed by atoms with Crippen molar-refractivity contribution >= 4 is 45.3 Å². The van der Waals surface area contributed by atoms with Crippen LogP contribution in [0.2, 0.25) is 0 Å². The third kappa shape index (κ3) is 6.49. The molecule has 2 saturated heterocycles. The molecule has 4 rings (SSSR count). The van der Waals surface area contributed by atoms with Crippen LogP contribution in [-0.4, -0.2) is 73.2 Å². The summed E-state index contributed by atoms with van der Waals surface area (Å²) in [7, 11) is 5.39. The van der Waals surface area contributed by atoms with Crippen molar-refractivity contribution in [2.75, 3.05) is 27.3 Å². The van der Waals surface area contributed by atoms with Crippen LogP contribution in [0.25, 0.3) is 0 Å². The van der Waals surface area contributed by atoms with Crippen LogP contribution in [-0.2, 0) is 19.1 Å². The Morgan fingerprint density at radius 2 is 1.11 bits per heavy atom. The van der Waals surface area contributed by atoms with Crippen molar-refractivity contribution in [3.05, 3.63) is 59.7 Å². The van der Waals surface area contributed by atoms with Gasteiger partial charge >= 0.3 is 11.9 Å². The first-order valence-electron chi connectivity index (χ1n) is 12.3. The molecule has 2 aliphatic heterocycles. The van der Waals surface area contributed by atoms with Crippen LogP contribution >= 0.6 is 21.6 Å². The molecule has 38 heavy (non-hydrogen) atoms. The number of esters is 2. The maximum absolute atomic E-state index is 13.1. The molecule has 0 unspecified atom stereocenters. The molecule has 2 aliphatic rings. The average Bonchev–Trinajstić information content (AvgIpc) is 3.61. The smallest absolute Gasteiger partial charge is 0.324 e. The van der Waals surface area contributed by atoms with Crippen molar-refractivity contribution < 1.29 is 28.7 Å². The molecule has 0 saturated carbocycles. The van der Waals surface area contributed by atoms with Crippen LogP contribution in [0.4, 0.5) is 0 Å². The Morgan fingerprint density at radius 3 is 1.50 bits per heavy atom. The van der Waals surface area contributed by atoms with E-state index < -0.39 is 12.1 Å². The van der Waals surface area contributed by atoms with E-state index in [1.165, 1.54) is 35.8 Å². The predicted molar refractivity (Wildman–Crippen MR) is 143 cm³/mol. The van der Waals surface area contributed by atoms with E-state index >= 15 is 0 Å². The number of amides is 2. The molecule has 0 aliphatic carbocycles. The van der Waals surface area contributed by atoms with Gasteiger partial charge in [0.2, 0.25) is 0 Å². The Bertz CT molecular complexity index is 1100. The summed E-state index contributed by atoms with van der Waals surface area (Å²) in [4.78, 5) is 51.8. The zero-order valence-corrected chi connectivity index (χ0v) is 22.8. The topological polar surface area (TPSA) is 117 Å². The molecular weight excluding hydrogens is 528 g/mol. The van der Waals surface area contributed by atoms with E-state index in [-0.39, 0.29) is 23.8 Å². The largest absolute Gasteiger partial charge is 0.468 e. The van der Waals surface area contributed by atoms with Gasteiger partial charge < -0.3 is 9.47 Å². The number of carbonyl (C=O) groups excluding carboxylic acids is 4. The normalized spacial score (nSPS) is 19.6. The second kappa shape index (κ2) is 13.1. The minimum absolute atomic E-state index is 0.321. The number of hydrogen-bond acceptors (Lipinski definition) is 10. The summed E-state index contributed by atoms with van der Waals surface area (Å²) < 4.78 is 9.72. The summed E-state index contributed by atoms with van der Waals surface area (Å²) in [6.07, 6.45) is 2.80. The Morgan fingerprint density at radius 1 is 0.711 bits per heavy atom. The molecule has 202 valence electrons. The first-order valence-corrected chi connectivity index (χ1v) is 14.4. The fourth-order valence-corrected chi connectivity index (χ4v) is 6.85. The van der Waals surface area contributed by atoms with Crippen molar-refractivity contribution in [3.63, 3.8) is 0 Å². The highest BCUT2D eigenvalue weighted by molar-refractivity contribution is 8.76. The maximum Gasteiger partial charge on any atom is 0.324 e. The Hall–Kier alpha value is -3.06. The number of hydrazine groups is 2. The highest BCUT2D eigenvalue weighted by atomic mass is 33.1. The standard InChI is InChI=1S/C26H30N4O6S2/c1-35-25(33)19-11-7-15-29(19)27-23(31)17-9-3-5-13-21(17)37-38-22-14-6-4-10-18(22)24(32)28-30-16-8-12-20(30)26(34)36-2/h3-6,9-10,13-14,19-20H,7-8,11-12,15-16H2,1-2H3,(H,27,31)(H,28,32)/t19-,20-/m0/s1. The SMILES string of the molecule is COC(=O)[C@@H]1CCCN1NC(=O)c1ccccc1SSc1ccccc1C(=O)NN1CCC[C@H]1C(=O)OC. The molecule has 2 atom stereocenters. The van der Waals surface area contributed by atoms with Gasteiger partial charge in [-0.05, 0) is 49.9 Å². The lowest BCUT2D eigenvalue weighted by Gasteiger charge is -2.23. The number of benzene rings is 2. The molecule has 0 spiro atoms. The highest BCUT2D eigenvalue weighted by Crippen LogP contribution is 2.40. The van der Waals surface area contributed by atoms with Crippen molar-refractivity contribution in [2.45, 2.75) is 47.6 Å². The van der Waals surface area contributed by atoms with Crippen LogP contribution in [0.5, 0.6) is 0 Å². The minimum atomic E-state index is -0.502. The molecule has 10 nitrogen and oxygen atoms in total. The highest BCUT2D eigenvalue weighted by Gasteiger charge is 2.34. The van der Waals surface area contributed by atoms with Crippen LogP contribution in [0.1, 0.15) is 46.4 Å². The van der Waals surface area contributed by atoms with Gasteiger partial charge in [-0.3, -0.25) is 30.0 Å². The lowest BCUT2D eigenvalue weighted by molar-refractivity contribution is -0.147. The van der Waals surface area contributed by atoms with Gasteiger partial charge in [-0.15, -0.1) is 0 Å². The first-order chi connectivity index (χ1) is 18.4. The molecule has 2 heterocycles. The quantitative estimate of drug-likeness (QED) is 0.351. The van der Waals surface area contributed by atoms with E-state index in [1.54, 1.807) is 34.3 Å². The molecular formula is C26H30N4O6S2. The fourth-order valence-electron chi connectivity index (χ4n) is 4.49. The number of rotatable bonds is 9. The van der Waals surface area contributed by atoms with Crippen LogP contribution in [0.3, 0.4) is 0 Å². The van der Waals surface area contributed by atoms with Crippen molar-refractivity contribution in [1.82, 2.24) is 20.9 Å². The zero-order valence-electron chi connectivity index (χ0n) is 21.2. The molecule has 0 aromatic heterocycles. The monoisotopic (exact) mass is 558 g/mol. The molecule has 12 heteroatoms. The number of nitrogens with zero attached hydrogens (tertiary/aromatic N) is 2.